The maximum absolute atomic E-state index is 6.78. The molecule has 0 saturated carbocycles. The van der Waals surface area contributed by atoms with Crippen molar-refractivity contribution < 1.29 is 0 Å². The molecule has 0 atom stereocenters. The van der Waals surface area contributed by atoms with Gasteiger partial charge in [-0.1, -0.05) is 11.8 Å². The Labute approximate surface area is 74.5 Å². The van der Waals surface area contributed by atoms with E-state index in [2.05, 4.69) is 20.4 Å². The predicted molar refractivity (Wildman–Crippen MR) is 48.2 cm³/mol. The van der Waals surface area contributed by atoms with Gasteiger partial charge in [0.25, 0.3) is 0 Å². The zero-order valence-corrected chi connectivity index (χ0v) is 7.64. The molecular formula is C6H9N5S. The summed E-state index contributed by atoms with van der Waals surface area (Å²) in [5, 5.41) is 6.72. The molecule has 0 aliphatic rings. The molecule has 0 saturated heterocycles. The summed E-state index contributed by atoms with van der Waals surface area (Å²) in [6, 6.07) is 1.62. The molecule has 0 radical (unpaired) electrons. The molecule has 1 heterocycles. The van der Waals surface area contributed by atoms with E-state index in [0.29, 0.717) is 16.8 Å². The van der Waals surface area contributed by atoms with E-state index >= 15 is 0 Å². The topological polar surface area (TPSA) is 74.0 Å². The molecule has 0 aliphatic carbocycles. The fourth-order valence-electron chi connectivity index (χ4n) is 0.690. The van der Waals surface area contributed by atoms with E-state index in [0.717, 1.165) is 0 Å². The number of hydrogen-bond acceptors (Lipinski definition) is 6. The van der Waals surface area contributed by atoms with Crippen LogP contribution in [0.25, 0.3) is 0 Å². The molecule has 6 heteroatoms. The molecule has 0 aromatic carbocycles. The molecule has 0 bridgehead atoms. The van der Waals surface area contributed by atoms with Crippen LogP contribution in [0.2, 0.25) is 0 Å². The molecule has 0 unspecified atom stereocenters. The van der Waals surface area contributed by atoms with Crippen molar-refractivity contribution in [3.63, 3.8) is 0 Å². The highest BCUT2D eigenvalue weighted by molar-refractivity contribution is 7.98. The minimum Gasteiger partial charge on any atom is -0.373 e. The van der Waals surface area contributed by atoms with Crippen molar-refractivity contribution in [2.24, 2.45) is 5.11 Å². The van der Waals surface area contributed by atoms with Crippen LogP contribution >= 0.6 is 11.8 Å². The van der Waals surface area contributed by atoms with Gasteiger partial charge in [0, 0.05) is 13.1 Å². The second-order valence-electron chi connectivity index (χ2n) is 1.96. The number of nitrogens with one attached hydrogen (secondary N) is 2. The summed E-state index contributed by atoms with van der Waals surface area (Å²) in [5.74, 6) is 1.05. The van der Waals surface area contributed by atoms with Crippen LogP contribution in [0, 0.1) is 5.53 Å². The van der Waals surface area contributed by atoms with Crippen LogP contribution in [0.3, 0.4) is 0 Å². The number of rotatable bonds is 3. The lowest BCUT2D eigenvalue weighted by molar-refractivity contribution is 0.943. The molecule has 64 valence electrons. The van der Waals surface area contributed by atoms with Crippen molar-refractivity contribution >= 4 is 23.4 Å². The van der Waals surface area contributed by atoms with E-state index in [-0.39, 0.29) is 0 Å². The zero-order chi connectivity index (χ0) is 8.97. The largest absolute Gasteiger partial charge is 0.373 e. The van der Waals surface area contributed by atoms with Gasteiger partial charge in [0.05, 0.1) is 0 Å². The van der Waals surface area contributed by atoms with Crippen LogP contribution in [-0.2, 0) is 0 Å². The van der Waals surface area contributed by atoms with Gasteiger partial charge in [-0.05, 0) is 6.26 Å². The maximum Gasteiger partial charge on any atom is 0.191 e. The molecular weight excluding hydrogens is 174 g/mol. The zero-order valence-electron chi connectivity index (χ0n) is 6.83. The summed E-state index contributed by atoms with van der Waals surface area (Å²) < 4.78 is 0. The Balaban J connectivity index is 3.09. The van der Waals surface area contributed by atoms with E-state index in [4.69, 9.17) is 5.53 Å². The number of nitrogens with zero attached hydrogens (tertiary/aromatic N) is 3. The van der Waals surface area contributed by atoms with Crippen LogP contribution < -0.4 is 5.32 Å². The fourth-order valence-corrected chi connectivity index (χ4v) is 1.06. The molecule has 5 nitrogen and oxygen atoms in total. The lowest BCUT2D eigenvalue weighted by Gasteiger charge is -2.01. The highest BCUT2D eigenvalue weighted by atomic mass is 32.2. The Kier molecular flexibility index (Phi) is 2.98. The Bertz CT molecular complexity index is 265. The summed E-state index contributed by atoms with van der Waals surface area (Å²) in [7, 11) is 1.76. The molecule has 1 rings (SSSR count). The Hall–Kier alpha value is -1.17. The van der Waals surface area contributed by atoms with Gasteiger partial charge in [0.1, 0.15) is 5.82 Å². The molecule has 2 N–H and O–H groups in total. The van der Waals surface area contributed by atoms with Gasteiger partial charge in [-0.3, -0.25) is 0 Å². The molecule has 12 heavy (non-hydrogen) atoms. The highest BCUT2D eigenvalue weighted by Crippen LogP contribution is 2.18. The first-order chi connectivity index (χ1) is 5.80. The van der Waals surface area contributed by atoms with Crippen molar-refractivity contribution in [3.05, 3.63) is 6.07 Å². The third-order valence-corrected chi connectivity index (χ3v) is 1.79. The van der Waals surface area contributed by atoms with Crippen molar-refractivity contribution in [1.82, 2.24) is 9.97 Å². The smallest absolute Gasteiger partial charge is 0.191 e. The van der Waals surface area contributed by atoms with Crippen LogP contribution in [0.15, 0.2) is 16.3 Å². The average Bonchev–Trinajstić information content (AvgIpc) is 2.16. The first-order valence-corrected chi connectivity index (χ1v) is 4.51. The van der Waals surface area contributed by atoms with Crippen LogP contribution in [0.4, 0.5) is 11.6 Å². The molecule has 0 aliphatic heterocycles. The van der Waals surface area contributed by atoms with E-state index in [1.807, 2.05) is 6.26 Å². The van der Waals surface area contributed by atoms with Crippen molar-refractivity contribution in [2.75, 3.05) is 18.6 Å². The summed E-state index contributed by atoms with van der Waals surface area (Å²) in [6.07, 6.45) is 1.88. The summed E-state index contributed by atoms with van der Waals surface area (Å²) in [5.41, 5.74) is 6.78. The number of hydrogen-bond donors (Lipinski definition) is 2. The Morgan fingerprint density at radius 1 is 1.58 bits per heavy atom. The van der Waals surface area contributed by atoms with E-state index in [1.165, 1.54) is 11.8 Å². The van der Waals surface area contributed by atoms with Gasteiger partial charge < -0.3 is 5.32 Å². The molecule has 0 fully saturated rings. The summed E-state index contributed by atoms with van der Waals surface area (Å²) >= 11 is 1.42. The van der Waals surface area contributed by atoms with Gasteiger partial charge in [-0.25, -0.2) is 15.5 Å². The van der Waals surface area contributed by atoms with Crippen molar-refractivity contribution in [3.8, 4) is 0 Å². The second-order valence-corrected chi connectivity index (χ2v) is 2.73. The Morgan fingerprint density at radius 3 is 2.83 bits per heavy atom. The van der Waals surface area contributed by atoms with Gasteiger partial charge in [-0.2, -0.15) is 0 Å². The Morgan fingerprint density at radius 2 is 2.33 bits per heavy atom. The maximum atomic E-state index is 6.78. The van der Waals surface area contributed by atoms with Crippen LogP contribution in [-0.4, -0.2) is 23.3 Å². The second kappa shape index (κ2) is 4.01. The minimum atomic E-state index is 0.374. The normalized spacial score (nSPS) is 9.50. The van der Waals surface area contributed by atoms with Crippen molar-refractivity contribution in [2.45, 2.75) is 5.16 Å². The predicted octanol–water partition coefficient (Wildman–Crippen LogP) is 1.90. The third kappa shape index (κ3) is 1.91. The van der Waals surface area contributed by atoms with Crippen LogP contribution in [0.1, 0.15) is 0 Å². The van der Waals surface area contributed by atoms with Crippen molar-refractivity contribution in [1.29, 1.82) is 5.53 Å². The SMILES string of the molecule is CNc1cc(N=N)nc(SC)n1. The first kappa shape index (κ1) is 8.92. The molecule has 0 amide bonds. The summed E-state index contributed by atoms with van der Waals surface area (Å²) in [4.78, 5) is 8.09. The average molecular weight is 183 g/mol. The highest BCUT2D eigenvalue weighted by Gasteiger charge is 2.00. The molecule has 1 aromatic rings. The van der Waals surface area contributed by atoms with E-state index in [1.54, 1.807) is 13.1 Å². The van der Waals surface area contributed by atoms with E-state index < -0.39 is 0 Å². The number of thioether (sulfide) groups is 1. The first-order valence-electron chi connectivity index (χ1n) is 3.28. The van der Waals surface area contributed by atoms with Gasteiger partial charge in [0.2, 0.25) is 0 Å². The summed E-state index contributed by atoms with van der Waals surface area (Å²) in [6.45, 7) is 0. The van der Waals surface area contributed by atoms with E-state index in [9.17, 15) is 0 Å². The van der Waals surface area contributed by atoms with Gasteiger partial charge in [-0.15, -0.1) is 5.11 Å². The quantitative estimate of drug-likeness (QED) is 0.426. The van der Waals surface area contributed by atoms with Gasteiger partial charge in [0.15, 0.2) is 11.0 Å². The van der Waals surface area contributed by atoms with Crippen LogP contribution in [0.5, 0.6) is 0 Å². The standard InChI is InChI=1S/C6H9N5S/c1-8-4-3-5(11-7)10-6(9-4)12-2/h3,7H,1-2H3,(H,8,9,10). The fraction of sp³-hybridized carbons (Fsp3) is 0.333. The molecule has 0 spiro atoms. The van der Waals surface area contributed by atoms with Gasteiger partial charge >= 0.3 is 0 Å². The number of aromatic nitrogens is 2. The monoisotopic (exact) mass is 183 g/mol. The molecule has 1 aromatic heterocycles. The lowest BCUT2D eigenvalue weighted by atomic mass is 10.5. The lowest BCUT2D eigenvalue weighted by Crippen LogP contribution is -1.94. The third-order valence-electron chi connectivity index (χ3n) is 1.25. The minimum absolute atomic E-state index is 0.374. The number of anilines is 1.